The molecule has 5 nitrogen and oxygen atoms in total. The molecular weight excluding hydrogens is 405 g/mol. The Morgan fingerprint density at radius 2 is 2.00 bits per heavy atom. The number of rotatable bonds is 4. The third-order valence-corrected chi connectivity index (χ3v) is 4.93. The van der Waals surface area contributed by atoms with E-state index in [4.69, 9.17) is 11.6 Å². The fourth-order valence-electron chi connectivity index (χ4n) is 3.28. The van der Waals surface area contributed by atoms with Crippen LogP contribution in [-0.4, -0.2) is 39.1 Å². The maximum atomic E-state index is 6.43. The lowest BCUT2D eigenvalue weighted by Gasteiger charge is -2.37. The molecule has 1 saturated heterocycles. The molecule has 8 heteroatoms. The molecule has 4 rings (SSSR count). The molecule has 1 atom stereocenters. The minimum Gasteiger partial charge on any atom is -0.314 e. The fraction of sp³-hybridized carbons (Fsp3) is 0.263. The summed E-state index contributed by atoms with van der Waals surface area (Å²) in [5.74, 6) is 0.879. The molecule has 1 aliphatic rings. The maximum Gasteiger partial charge on any atom is 0.137 e. The van der Waals surface area contributed by atoms with Crippen LogP contribution in [0.5, 0.6) is 0 Å². The second-order valence-corrected chi connectivity index (χ2v) is 6.61. The molecule has 1 unspecified atom stereocenters. The highest BCUT2D eigenvalue weighted by atomic mass is 35.5. The van der Waals surface area contributed by atoms with Crippen LogP contribution in [0, 0.1) is 0 Å². The van der Waals surface area contributed by atoms with E-state index in [-0.39, 0.29) is 30.9 Å². The highest BCUT2D eigenvalue weighted by Crippen LogP contribution is 2.29. The predicted molar refractivity (Wildman–Crippen MR) is 113 cm³/mol. The molecule has 3 aromatic rings. The molecule has 27 heavy (non-hydrogen) atoms. The van der Waals surface area contributed by atoms with E-state index in [0.717, 1.165) is 37.0 Å². The second kappa shape index (κ2) is 10.1. The first-order chi connectivity index (χ1) is 12.3. The Bertz CT molecular complexity index is 824. The molecule has 1 aliphatic heterocycles. The molecule has 1 fully saturated rings. The van der Waals surface area contributed by atoms with Crippen molar-refractivity contribution in [3.8, 4) is 5.82 Å². The van der Waals surface area contributed by atoms with Gasteiger partial charge in [0.2, 0.25) is 0 Å². The van der Waals surface area contributed by atoms with Crippen LogP contribution in [0.4, 0.5) is 0 Å². The number of aromatic nitrogens is 3. The normalized spacial score (nSPS) is 17.0. The lowest BCUT2D eigenvalue weighted by atomic mass is 10.0. The van der Waals surface area contributed by atoms with Crippen molar-refractivity contribution in [2.75, 3.05) is 19.6 Å². The van der Waals surface area contributed by atoms with Gasteiger partial charge in [-0.2, -0.15) is 0 Å². The summed E-state index contributed by atoms with van der Waals surface area (Å²) in [5, 5.41) is 4.31. The van der Waals surface area contributed by atoms with Gasteiger partial charge in [-0.3, -0.25) is 9.47 Å². The second-order valence-electron chi connectivity index (χ2n) is 6.21. The molecule has 0 amide bonds. The Morgan fingerprint density at radius 1 is 1.15 bits per heavy atom. The van der Waals surface area contributed by atoms with Crippen molar-refractivity contribution in [1.29, 1.82) is 0 Å². The fourth-order valence-corrected chi connectivity index (χ4v) is 3.54. The first-order valence-corrected chi connectivity index (χ1v) is 8.81. The van der Waals surface area contributed by atoms with E-state index >= 15 is 0 Å². The molecule has 144 valence electrons. The first-order valence-electron chi connectivity index (χ1n) is 8.44. The van der Waals surface area contributed by atoms with Crippen molar-refractivity contribution in [1.82, 2.24) is 24.8 Å². The highest BCUT2D eigenvalue weighted by molar-refractivity contribution is 6.31. The summed E-state index contributed by atoms with van der Waals surface area (Å²) in [6, 6.07) is 12.5. The quantitative estimate of drug-likeness (QED) is 0.687. The Kier molecular flexibility index (Phi) is 8.07. The van der Waals surface area contributed by atoms with Gasteiger partial charge in [0.15, 0.2) is 0 Å². The summed E-state index contributed by atoms with van der Waals surface area (Å²) < 4.78 is 1.90. The zero-order valence-electron chi connectivity index (χ0n) is 14.7. The smallest absolute Gasteiger partial charge is 0.137 e. The molecule has 0 bridgehead atoms. The van der Waals surface area contributed by atoms with Gasteiger partial charge in [0.05, 0.1) is 0 Å². The van der Waals surface area contributed by atoms with Gasteiger partial charge in [0.1, 0.15) is 12.1 Å². The topological polar surface area (TPSA) is 46.0 Å². The zero-order valence-corrected chi connectivity index (χ0v) is 17.1. The van der Waals surface area contributed by atoms with Crippen LogP contribution in [-0.2, 0) is 6.54 Å². The van der Waals surface area contributed by atoms with Crippen LogP contribution in [0.3, 0.4) is 0 Å². The van der Waals surface area contributed by atoms with Gasteiger partial charge in [-0.05, 0) is 23.3 Å². The molecule has 0 spiro atoms. The van der Waals surface area contributed by atoms with E-state index in [1.807, 2.05) is 35.2 Å². The zero-order chi connectivity index (χ0) is 17.1. The Balaban J connectivity index is 0.00000131. The molecular formula is C19H22Cl3N5. The monoisotopic (exact) mass is 425 g/mol. The largest absolute Gasteiger partial charge is 0.314 e. The minimum atomic E-state index is 0. The van der Waals surface area contributed by atoms with Crippen molar-refractivity contribution in [3.63, 3.8) is 0 Å². The van der Waals surface area contributed by atoms with Gasteiger partial charge in [-0.15, -0.1) is 24.8 Å². The lowest BCUT2D eigenvalue weighted by Crippen LogP contribution is -2.45. The van der Waals surface area contributed by atoms with Crippen LogP contribution in [0.15, 0.2) is 61.3 Å². The van der Waals surface area contributed by atoms with Gasteiger partial charge in [0.25, 0.3) is 0 Å². The molecule has 1 N–H and O–H groups in total. The van der Waals surface area contributed by atoms with Gasteiger partial charge in [-0.25, -0.2) is 9.97 Å². The van der Waals surface area contributed by atoms with E-state index in [9.17, 15) is 0 Å². The standard InChI is InChI=1S/C19H20ClN5.2ClH/c20-17-4-2-1-3-16(17)18-12-21-7-9-24(18)13-15-5-6-19(23-11-15)25-10-8-22-14-25;;/h1-6,8,10-11,14,18,21H,7,9,12-13H2;2*1H. The van der Waals surface area contributed by atoms with Crippen LogP contribution in [0.2, 0.25) is 5.02 Å². The van der Waals surface area contributed by atoms with E-state index in [2.05, 4.69) is 38.4 Å². The molecule has 0 saturated carbocycles. The van der Waals surface area contributed by atoms with Crippen LogP contribution in [0.25, 0.3) is 5.82 Å². The molecule has 3 heterocycles. The summed E-state index contributed by atoms with van der Waals surface area (Å²) in [6.07, 6.45) is 7.35. The molecule has 1 aromatic carbocycles. The van der Waals surface area contributed by atoms with E-state index in [0.29, 0.717) is 0 Å². The van der Waals surface area contributed by atoms with E-state index < -0.39 is 0 Å². The van der Waals surface area contributed by atoms with Gasteiger partial charge >= 0.3 is 0 Å². The van der Waals surface area contributed by atoms with Crippen molar-refractivity contribution in [3.05, 3.63) is 77.5 Å². The van der Waals surface area contributed by atoms with Crippen molar-refractivity contribution >= 4 is 36.4 Å². The van der Waals surface area contributed by atoms with Crippen LogP contribution in [0.1, 0.15) is 17.2 Å². The van der Waals surface area contributed by atoms with Crippen molar-refractivity contribution < 1.29 is 0 Å². The van der Waals surface area contributed by atoms with Crippen molar-refractivity contribution in [2.45, 2.75) is 12.6 Å². The number of hydrogen-bond donors (Lipinski definition) is 1. The lowest BCUT2D eigenvalue weighted by molar-refractivity contribution is 0.153. The summed E-state index contributed by atoms with van der Waals surface area (Å²) in [6.45, 7) is 3.74. The summed E-state index contributed by atoms with van der Waals surface area (Å²) in [7, 11) is 0. The van der Waals surface area contributed by atoms with Crippen LogP contribution < -0.4 is 5.32 Å². The van der Waals surface area contributed by atoms with Gasteiger partial charge in [0, 0.05) is 55.8 Å². The predicted octanol–water partition coefficient (Wildman–Crippen LogP) is 3.91. The number of imidazole rings is 1. The highest BCUT2D eigenvalue weighted by Gasteiger charge is 2.25. The molecule has 0 aliphatic carbocycles. The number of hydrogen-bond acceptors (Lipinski definition) is 4. The number of nitrogens with one attached hydrogen (secondary N) is 1. The number of pyridine rings is 1. The average Bonchev–Trinajstić information content (AvgIpc) is 3.18. The Labute approximate surface area is 176 Å². The Hall–Kier alpha value is -1.63. The maximum absolute atomic E-state index is 6.43. The van der Waals surface area contributed by atoms with Gasteiger partial charge in [-0.1, -0.05) is 35.9 Å². The first kappa shape index (κ1) is 21.7. The van der Waals surface area contributed by atoms with Gasteiger partial charge < -0.3 is 5.32 Å². The molecule has 2 aromatic heterocycles. The van der Waals surface area contributed by atoms with E-state index in [1.54, 1.807) is 12.5 Å². The SMILES string of the molecule is Cl.Cl.Clc1ccccc1C1CNCCN1Cc1ccc(-n2ccnc2)nc1. The van der Waals surface area contributed by atoms with E-state index in [1.165, 1.54) is 11.1 Å². The number of nitrogens with zero attached hydrogens (tertiary/aromatic N) is 4. The molecule has 0 radical (unpaired) electrons. The summed E-state index contributed by atoms with van der Waals surface area (Å²) in [5.41, 5.74) is 2.38. The third-order valence-electron chi connectivity index (χ3n) is 4.58. The average molecular weight is 427 g/mol. The van der Waals surface area contributed by atoms with Crippen LogP contribution >= 0.6 is 36.4 Å². The summed E-state index contributed by atoms with van der Waals surface area (Å²) >= 11 is 6.43. The van der Waals surface area contributed by atoms with Crippen molar-refractivity contribution in [2.24, 2.45) is 0 Å². The Morgan fingerprint density at radius 3 is 2.70 bits per heavy atom. The third kappa shape index (κ3) is 5.00. The minimum absolute atomic E-state index is 0. The summed E-state index contributed by atoms with van der Waals surface area (Å²) in [4.78, 5) is 11.1. The number of piperazine rings is 1. The number of benzene rings is 1. The number of halogens is 3.